The molecular formula is C101H94Br3Cl2FN10O6. The maximum atomic E-state index is 13.8. The van der Waals surface area contributed by atoms with Crippen LogP contribution in [0.25, 0.3) is 54.5 Å². The molecule has 5 atom stereocenters. The van der Waals surface area contributed by atoms with E-state index in [4.69, 9.17) is 42.1 Å². The Hall–Kier alpha value is -10.9. The molecule has 0 fully saturated rings. The van der Waals surface area contributed by atoms with Crippen LogP contribution >= 0.6 is 71.0 Å². The molecular weight excluding hydrogens is 1780 g/mol. The number of benzene rings is 11. The van der Waals surface area contributed by atoms with E-state index in [2.05, 4.69) is 216 Å². The van der Waals surface area contributed by atoms with Gasteiger partial charge in [0.2, 0.25) is 0 Å². The van der Waals surface area contributed by atoms with Crippen LogP contribution in [-0.4, -0.2) is 100.0 Å². The molecule has 21 rings (SSSR count). The Morgan fingerprint density at radius 1 is 0.415 bits per heavy atom. The van der Waals surface area contributed by atoms with E-state index in [0.717, 1.165) is 142 Å². The molecule has 123 heavy (non-hydrogen) atoms. The summed E-state index contributed by atoms with van der Waals surface area (Å²) in [4.78, 5) is 46.5. The molecule has 10 heterocycles. The first kappa shape index (κ1) is 84.3. The molecule has 0 spiro atoms. The van der Waals surface area contributed by atoms with E-state index in [1.807, 2.05) is 122 Å². The van der Waals surface area contributed by atoms with Crippen LogP contribution in [0.15, 0.2) is 262 Å². The van der Waals surface area contributed by atoms with Crippen molar-refractivity contribution in [1.82, 2.24) is 50.7 Å². The molecule has 0 radical (unpaired) electrons. The quantitative estimate of drug-likeness (QED) is 0.0588. The first-order valence-corrected chi connectivity index (χ1v) is 45.0. The van der Waals surface area contributed by atoms with Crippen molar-refractivity contribution in [3.05, 3.63) is 373 Å². The van der Waals surface area contributed by atoms with Crippen molar-refractivity contribution in [2.75, 3.05) is 53.0 Å². The van der Waals surface area contributed by atoms with Gasteiger partial charge in [-0.3, -0.25) is 9.80 Å². The third-order valence-electron chi connectivity index (χ3n) is 23.8. The molecule has 5 aliphatic rings. The normalized spacial score (nSPS) is 16.8. The number of H-pyrrole nitrogens is 5. The molecule has 0 saturated heterocycles. The van der Waals surface area contributed by atoms with Gasteiger partial charge >= 0.3 is 12.2 Å². The predicted molar refractivity (Wildman–Crippen MR) is 503 cm³/mol. The second-order valence-electron chi connectivity index (χ2n) is 31.4. The number of hydrogen-bond donors (Lipinski definition) is 8. The minimum atomic E-state index is -0.325. The smallest absolute Gasteiger partial charge is 0.410 e. The number of aromatic nitrogens is 5. The van der Waals surface area contributed by atoms with Crippen LogP contribution in [0.1, 0.15) is 139 Å². The van der Waals surface area contributed by atoms with Crippen LogP contribution in [-0.2, 0) is 54.6 Å². The Morgan fingerprint density at radius 2 is 0.854 bits per heavy atom. The second kappa shape index (κ2) is 38.1. The molecule has 8 N–H and O–H groups in total. The van der Waals surface area contributed by atoms with Crippen LogP contribution in [0.2, 0.25) is 10.0 Å². The van der Waals surface area contributed by atoms with Crippen molar-refractivity contribution >= 4 is 138 Å². The summed E-state index contributed by atoms with van der Waals surface area (Å²) in [6.45, 7) is 11.1. The molecule has 16 nitrogen and oxygen atoms in total. The fraction of sp³-hybridized carbons (Fsp3) is 0.228. The Balaban J connectivity index is 0.000000109. The van der Waals surface area contributed by atoms with E-state index >= 15 is 0 Å². The Bertz CT molecular complexity index is 6470. The maximum Gasteiger partial charge on any atom is 0.410 e. The van der Waals surface area contributed by atoms with Crippen LogP contribution in [0.5, 0.6) is 11.5 Å². The Labute approximate surface area is 749 Å². The van der Waals surface area contributed by atoms with Gasteiger partial charge in [-0.15, -0.1) is 0 Å². The summed E-state index contributed by atoms with van der Waals surface area (Å²) in [7, 11) is 1.70. The molecule has 16 aromatic rings. The average Bonchev–Trinajstić information content (AvgIpc) is 1.58. The van der Waals surface area contributed by atoms with E-state index in [1.54, 1.807) is 31.1 Å². The van der Waals surface area contributed by atoms with E-state index < -0.39 is 0 Å². The average molecular weight is 1870 g/mol. The van der Waals surface area contributed by atoms with Gasteiger partial charge in [0.1, 0.15) is 30.0 Å². The standard InChI is InChI=1S/C24H21ClN2O.C21H21BrN2O2.C21H21FN2O2.C18H17ClN2O.C17H14Br2N2/c25-18-8-11-22-21(14-18)20-12-13-26-23(24(20)27-22)17-6-9-19(10-7-17)28-15-16-4-2-1-3-5-16;1-2-26-21(25)24-11-10-16-17-13-15(22)8-9-18(17)23-20(16)19(24)12-14-6-4-3-5-7-14;1-3-26-21(25)24-11-10-16-17-12-15(22)8-9-18(17)23-19(16)20(24)14-6-4-13(2)5-7-14;1-22-13-4-2-3-11(9-13)17-18-14(7-8-20-17)15-10-12(19)5-6-16(15)21-18;18-11-3-1-2-10(8-11)16-17-13(6-7-20-16)14-9-12(19)4-5-15(14)21-17/h1-11,14,23,26-27H,12-13,15H2;3-9,13,19,23H,2,10-12H2,1H3;4-9,12,20,23H,3,10-11H2,1-2H3;2-6,9-10,17,20-21H,7-8H2,1H3;1-5,8-9,16,20-21H,6-7H2. The van der Waals surface area contributed by atoms with Gasteiger partial charge in [-0.1, -0.05) is 198 Å². The van der Waals surface area contributed by atoms with Gasteiger partial charge in [0, 0.05) is 139 Å². The van der Waals surface area contributed by atoms with Gasteiger partial charge < -0.3 is 59.8 Å². The van der Waals surface area contributed by atoms with E-state index in [1.165, 1.54) is 100 Å². The van der Waals surface area contributed by atoms with Crippen molar-refractivity contribution in [1.29, 1.82) is 0 Å². The molecule has 5 unspecified atom stereocenters. The SMILES string of the molecule is Brc1cccc(C2NCCc3c2[nH]c2ccc(Br)cc32)c1.CCOC(=O)N1CCc2c([nH]c3ccc(Br)cc23)C1Cc1ccccc1.CCOC(=O)N1CCc2c([nH]c3ccc(F)cc23)C1c1ccc(C)cc1.COc1cccc(C2NCCc3c2[nH]c2ccc(Cl)cc32)c1.Clc1ccc2[nH]c3c(c2c1)CCNC3c1ccc(OCc2ccccc2)cc1. The molecule has 2 amide bonds. The molecule has 0 saturated carbocycles. The zero-order valence-corrected chi connectivity index (χ0v) is 74.8. The number of aromatic amines is 5. The fourth-order valence-corrected chi connectivity index (χ4v) is 19.5. The zero-order valence-electron chi connectivity index (χ0n) is 68.6. The number of ether oxygens (including phenoxy) is 4. The van der Waals surface area contributed by atoms with Crippen molar-refractivity contribution in [2.24, 2.45) is 0 Å². The van der Waals surface area contributed by atoms with Crippen molar-refractivity contribution in [3.8, 4) is 11.5 Å². The Kier molecular flexibility index (Phi) is 26.1. The van der Waals surface area contributed by atoms with Crippen LogP contribution in [0.3, 0.4) is 0 Å². The van der Waals surface area contributed by atoms with Gasteiger partial charge in [0.15, 0.2) is 0 Å². The highest BCUT2D eigenvalue weighted by molar-refractivity contribution is 9.11. The lowest BCUT2D eigenvalue weighted by Crippen LogP contribution is -2.41. The van der Waals surface area contributed by atoms with Gasteiger partial charge in [-0.2, -0.15) is 0 Å². The van der Waals surface area contributed by atoms with Crippen LogP contribution < -0.4 is 25.4 Å². The highest BCUT2D eigenvalue weighted by Crippen LogP contribution is 2.44. The largest absolute Gasteiger partial charge is 0.497 e. The lowest BCUT2D eigenvalue weighted by atomic mass is 9.92. The second-order valence-corrected chi connectivity index (χ2v) is 35.0. The predicted octanol–water partition coefficient (Wildman–Crippen LogP) is 24.6. The van der Waals surface area contributed by atoms with E-state index in [-0.39, 0.29) is 48.2 Å². The Morgan fingerprint density at radius 3 is 1.40 bits per heavy atom. The molecule has 5 aliphatic heterocycles. The number of halogens is 6. The minimum Gasteiger partial charge on any atom is -0.497 e. The molecule has 11 aromatic carbocycles. The third-order valence-corrected chi connectivity index (χ3v) is 25.7. The lowest BCUT2D eigenvalue weighted by molar-refractivity contribution is 0.0856. The highest BCUT2D eigenvalue weighted by Gasteiger charge is 2.38. The molecule has 0 bridgehead atoms. The fourth-order valence-electron chi connectivity index (χ4n) is 18.0. The first-order chi connectivity index (χ1) is 60.0. The number of hydrogen-bond acceptors (Lipinski definition) is 9. The number of carbonyl (C=O) groups is 2. The van der Waals surface area contributed by atoms with E-state index in [9.17, 15) is 14.0 Å². The summed E-state index contributed by atoms with van der Waals surface area (Å²) in [5, 5.41) is 18.4. The lowest BCUT2D eigenvalue weighted by Gasteiger charge is -2.35. The number of aryl methyl sites for hydroxylation is 1. The van der Waals surface area contributed by atoms with Gasteiger partial charge in [0.25, 0.3) is 0 Å². The number of methoxy groups -OCH3 is 1. The number of nitrogens with one attached hydrogen (secondary N) is 8. The number of carbonyl (C=O) groups excluding carboxylic acids is 2. The summed E-state index contributed by atoms with van der Waals surface area (Å²) in [6.07, 6.45) is 4.78. The summed E-state index contributed by atoms with van der Waals surface area (Å²) >= 11 is 23.1. The third kappa shape index (κ3) is 18.5. The highest BCUT2D eigenvalue weighted by atomic mass is 79.9. The van der Waals surface area contributed by atoms with Gasteiger partial charge in [-0.25, -0.2) is 14.0 Å². The maximum absolute atomic E-state index is 13.8. The summed E-state index contributed by atoms with van der Waals surface area (Å²) < 4.78 is 39.0. The van der Waals surface area contributed by atoms with Crippen molar-refractivity contribution in [3.63, 3.8) is 0 Å². The molecule has 22 heteroatoms. The van der Waals surface area contributed by atoms with Crippen LogP contribution in [0, 0.1) is 12.7 Å². The van der Waals surface area contributed by atoms with Crippen LogP contribution in [0.4, 0.5) is 14.0 Å². The first-order valence-electron chi connectivity index (χ1n) is 41.8. The van der Waals surface area contributed by atoms with Gasteiger partial charge in [-0.05, 0) is 248 Å². The number of amides is 2. The van der Waals surface area contributed by atoms with Crippen molar-refractivity contribution in [2.45, 2.75) is 96.1 Å². The monoisotopic (exact) mass is 1870 g/mol. The number of fused-ring (bicyclic) bond motifs is 15. The molecule has 0 aliphatic carbocycles. The number of nitrogens with zero attached hydrogens (tertiary/aromatic N) is 2. The minimum absolute atomic E-state index is 0.0497. The molecule has 626 valence electrons. The summed E-state index contributed by atoms with van der Waals surface area (Å²) in [5.41, 5.74) is 26.2. The number of rotatable bonds is 12. The summed E-state index contributed by atoms with van der Waals surface area (Å²) in [5.74, 6) is 1.51. The van der Waals surface area contributed by atoms with E-state index in [0.29, 0.717) is 39.3 Å². The molecule has 5 aromatic heterocycles. The van der Waals surface area contributed by atoms with Crippen molar-refractivity contribution < 1.29 is 32.9 Å². The topological polar surface area (TPSA) is 193 Å². The zero-order chi connectivity index (χ0) is 84.8. The summed E-state index contributed by atoms with van der Waals surface area (Å²) in [6, 6.07) is 83.6. The van der Waals surface area contributed by atoms with Gasteiger partial charge in [0.05, 0.1) is 44.5 Å².